The second kappa shape index (κ2) is 17.2. The Bertz CT molecular complexity index is 2380. The quantitative estimate of drug-likeness (QED) is 0.164. The Labute approximate surface area is 345 Å². The summed E-state index contributed by atoms with van der Waals surface area (Å²) >= 11 is 11.8. The Morgan fingerprint density at radius 2 is 1.10 bits per heavy atom. The lowest BCUT2D eigenvalue weighted by Crippen LogP contribution is -2.39. The number of halogens is 8. The Morgan fingerprint density at radius 3 is 1.56 bits per heavy atom. The number of aromatic nitrogens is 6. The molecule has 0 atom stereocenters. The first kappa shape index (κ1) is 43.4. The fourth-order valence-electron chi connectivity index (χ4n) is 7.67. The molecule has 4 aromatic heterocycles. The van der Waals surface area contributed by atoms with Crippen LogP contribution in [0.1, 0.15) is 99.6 Å². The van der Waals surface area contributed by atoms with E-state index in [1.165, 1.54) is 30.3 Å². The van der Waals surface area contributed by atoms with Crippen LogP contribution in [0.2, 0.25) is 10.0 Å². The highest BCUT2D eigenvalue weighted by molar-refractivity contribution is 6.31. The highest BCUT2D eigenvalue weighted by Crippen LogP contribution is 2.43. The van der Waals surface area contributed by atoms with Crippen molar-refractivity contribution in [2.24, 2.45) is 0 Å². The van der Waals surface area contributed by atoms with Crippen molar-refractivity contribution in [3.05, 3.63) is 128 Å². The smallest absolute Gasteiger partial charge is 0.336 e. The molecule has 10 nitrogen and oxygen atoms in total. The first-order valence-corrected chi connectivity index (χ1v) is 19.2. The van der Waals surface area contributed by atoms with Gasteiger partial charge in [-0.3, -0.25) is 18.4 Å². The van der Waals surface area contributed by atoms with Gasteiger partial charge in [0.25, 0.3) is 11.8 Å². The van der Waals surface area contributed by atoms with Crippen molar-refractivity contribution in [1.29, 1.82) is 0 Å². The van der Waals surface area contributed by atoms with E-state index in [1.807, 2.05) is 26.0 Å². The summed E-state index contributed by atoms with van der Waals surface area (Å²) in [6.45, 7) is 5.18. The molecule has 0 saturated carbocycles. The number of hydrogen-bond donors (Lipinski definition) is 0. The van der Waals surface area contributed by atoms with Crippen LogP contribution in [-0.4, -0.2) is 77.0 Å². The average molecular weight is 862 g/mol. The third-order valence-electron chi connectivity index (χ3n) is 10.6. The van der Waals surface area contributed by atoms with E-state index in [-0.39, 0.29) is 63.9 Å². The number of pyridine rings is 2. The Hall–Kier alpha value is -5.22. The third kappa shape index (κ3) is 9.18. The number of carbonyl (C=O) groups excluding carboxylic acids is 2. The minimum Gasteiger partial charge on any atom is -0.336 e. The summed E-state index contributed by atoms with van der Waals surface area (Å²) in [6.07, 6.45) is -3.69. The molecule has 0 aliphatic carbocycles. The number of nitrogens with zero attached hydrogens (tertiary/aromatic N) is 8. The van der Waals surface area contributed by atoms with Crippen LogP contribution in [0.15, 0.2) is 73.1 Å². The van der Waals surface area contributed by atoms with Crippen LogP contribution in [0.3, 0.4) is 0 Å². The summed E-state index contributed by atoms with van der Waals surface area (Å²) in [5.74, 6) is -0.757. The Balaban J connectivity index is 0.000000195. The molecule has 2 aliphatic heterocycles. The number of alkyl halides is 6. The average Bonchev–Trinajstić information content (AvgIpc) is 3.80. The summed E-state index contributed by atoms with van der Waals surface area (Å²) in [4.78, 5) is 29.1. The number of rotatable bonds is 4. The highest BCUT2D eigenvalue weighted by atomic mass is 35.5. The monoisotopic (exact) mass is 860 g/mol. The van der Waals surface area contributed by atoms with Crippen LogP contribution in [0.5, 0.6) is 0 Å². The summed E-state index contributed by atoms with van der Waals surface area (Å²) in [5.41, 5.74) is 2.03. The molecule has 312 valence electrons. The van der Waals surface area contributed by atoms with Gasteiger partial charge in [-0.2, -0.15) is 26.3 Å². The van der Waals surface area contributed by atoms with Gasteiger partial charge < -0.3 is 9.80 Å². The highest BCUT2D eigenvalue weighted by Gasteiger charge is 2.39. The number of aryl methyl sites for hydroxylation is 2. The van der Waals surface area contributed by atoms with E-state index in [1.54, 1.807) is 43.1 Å². The van der Waals surface area contributed by atoms with Crippen LogP contribution in [-0.2, 0) is 12.4 Å². The predicted octanol–water partition coefficient (Wildman–Crippen LogP) is 10.1. The van der Waals surface area contributed by atoms with Crippen molar-refractivity contribution in [3.63, 3.8) is 0 Å². The van der Waals surface area contributed by atoms with Crippen molar-refractivity contribution in [2.45, 2.75) is 71.1 Å². The van der Waals surface area contributed by atoms with Crippen LogP contribution in [0, 0.1) is 13.8 Å². The van der Waals surface area contributed by atoms with Gasteiger partial charge in [0.1, 0.15) is 0 Å². The predicted molar refractivity (Wildman–Crippen MR) is 211 cm³/mol. The molecule has 59 heavy (non-hydrogen) atoms. The number of fused-ring (bicyclic) bond motifs is 2. The summed E-state index contributed by atoms with van der Waals surface area (Å²) in [5, 5.41) is 16.0. The minimum absolute atomic E-state index is 0. The fourth-order valence-corrected chi connectivity index (χ4v) is 8.13. The van der Waals surface area contributed by atoms with Gasteiger partial charge in [-0.05, 0) is 110 Å². The zero-order valence-electron chi connectivity index (χ0n) is 31.2. The molecular formula is C41H40Cl2F6N8O2. The topological polar surface area (TPSA) is 101 Å². The molecule has 0 radical (unpaired) electrons. The summed E-state index contributed by atoms with van der Waals surface area (Å²) in [7, 11) is 0. The summed E-state index contributed by atoms with van der Waals surface area (Å²) < 4.78 is 83.8. The molecular weight excluding hydrogens is 821 g/mol. The fraction of sp³-hybridized carbons (Fsp3) is 0.366. The minimum atomic E-state index is -4.51. The van der Waals surface area contributed by atoms with Gasteiger partial charge in [0.15, 0.2) is 11.3 Å². The van der Waals surface area contributed by atoms with E-state index in [2.05, 4.69) is 20.4 Å². The van der Waals surface area contributed by atoms with Gasteiger partial charge in [-0.15, -0.1) is 20.4 Å². The first-order chi connectivity index (χ1) is 27.5. The molecule has 8 rings (SSSR count). The van der Waals surface area contributed by atoms with Crippen LogP contribution >= 0.6 is 23.2 Å². The number of amides is 2. The van der Waals surface area contributed by atoms with Crippen molar-refractivity contribution in [3.8, 4) is 0 Å². The maximum atomic E-state index is 13.5. The van der Waals surface area contributed by atoms with Crippen molar-refractivity contribution in [1.82, 2.24) is 39.0 Å². The lowest BCUT2D eigenvalue weighted by atomic mass is 9.86. The van der Waals surface area contributed by atoms with E-state index < -0.39 is 23.5 Å². The number of benzene rings is 2. The van der Waals surface area contributed by atoms with Gasteiger partial charge in [0.05, 0.1) is 16.1 Å². The molecule has 0 unspecified atom stereocenters. The first-order valence-electron chi connectivity index (χ1n) is 18.4. The zero-order chi connectivity index (χ0) is 41.5. The van der Waals surface area contributed by atoms with Gasteiger partial charge in [0, 0.05) is 43.6 Å². The second-order valence-corrected chi connectivity index (χ2v) is 15.3. The number of piperidine rings is 2. The van der Waals surface area contributed by atoms with Gasteiger partial charge in [-0.1, -0.05) is 54.9 Å². The molecule has 6 heterocycles. The lowest BCUT2D eigenvalue weighted by Gasteiger charge is -2.33. The third-order valence-corrected chi connectivity index (χ3v) is 11.1. The molecule has 0 N–H and O–H groups in total. The molecule has 2 aliphatic rings. The molecule has 2 fully saturated rings. The maximum Gasteiger partial charge on any atom is 0.418 e. The van der Waals surface area contributed by atoms with Crippen LogP contribution in [0.25, 0.3) is 11.3 Å². The normalized spacial score (nSPS) is 15.6. The number of hydrogen-bond acceptors (Lipinski definition) is 6. The molecule has 2 amide bonds. The van der Waals surface area contributed by atoms with E-state index in [0.29, 0.717) is 63.2 Å². The van der Waals surface area contributed by atoms with Gasteiger partial charge in [0.2, 0.25) is 11.6 Å². The van der Waals surface area contributed by atoms with Crippen LogP contribution in [0.4, 0.5) is 26.3 Å². The maximum absolute atomic E-state index is 13.5. The van der Waals surface area contributed by atoms with Gasteiger partial charge >= 0.3 is 12.4 Å². The molecule has 18 heteroatoms. The standard InChI is InChI=1S/2C20H18ClF3N4O.CH4/c1-12-2-5-17-25-26-18(28(17)11-12)19(29)27-8-6-13(7-9-27)15-10-14(21)3-4-16(15)20(22,23)24;1-12-5-6-16-25-26-18(28(16)11-12)19(29)27-9-7-13(8-10-27)14-3-2-4-15(21)17(14)20(22,23)24;/h2-5,10-11,13H,6-9H2,1H3;2-6,11,13H,7-10H2,1H3;1H4. The van der Waals surface area contributed by atoms with E-state index in [0.717, 1.165) is 17.2 Å². The number of likely N-dealkylation sites (tertiary alicyclic amines) is 2. The number of carbonyl (C=O) groups is 2. The van der Waals surface area contributed by atoms with E-state index in [4.69, 9.17) is 23.2 Å². The van der Waals surface area contributed by atoms with Crippen LogP contribution < -0.4 is 0 Å². The Kier molecular flexibility index (Phi) is 12.6. The Morgan fingerprint density at radius 1 is 0.627 bits per heavy atom. The summed E-state index contributed by atoms with van der Waals surface area (Å²) in [6, 6.07) is 15.3. The molecule has 6 aromatic rings. The van der Waals surface area contributed by atoms with E-state index >= 15 is 0 Å². The van der Waals surface area contributed by atoms with Gasteiger partial charge in [-0.25, -0.2) is 0 Å². The second-order valence-electron chi connectivity index (χ2n) is 14.5. The SMILES string of the molecule is C.Cc1ccc2nnc(C(=O)N3CCC(c4cc(Cl)ccc4C(F)(F)F)CC3)n2c1.Cc1ccc2nnc(C(=O)N3CCC(c4cccc(Cl)c4C(F)(F)F)CC3)n2c1. The zero-order valence-corrected chi connectivity index (χ0v) is 32.7. The largest absolute Gasteiger partial charge is 0.418 e. The lowest BCUT2D eigenvalue weighted by molar-refractivity contribution is -0.139. The van der Waals surface area contributed by atoms with Crippen molar-refractivity contribution < 1.29 is 35.9 Å². The molecule has 0 bridgehead atoms. The van der Waals surface area contributed by atoms with Crippen molar-refractivity contribution >= 4 is 46.3 Å². The molecule has 2 saturated heterocycles. The molecule has 2 aromatic carbocycles. The van der Waals surface area contributed by atoms with Crippen molar-refractivity contribution in [2.75, 3.05) is 26.2 Å². The van der Waals surface area contributed by atoms with E-state index in [9.17, 15) is 35.9 Å². The molecule has 0 spiro atoms.